The first-order valence-corrected chi connectivity index (χ1v) is 11.1. The lowest BCUT2D eigenvalue weighted by Crippen LogP contribution is -2.20. The Hall–Kier alpha value is -4.26. The lowest BCUT2D eigenvalue weighted by molar-refractivity contribution is -0.118. The molecule has 1 aromatic heterocycles. The van der Waals surface area contributed by atoms with Gasteiger partial charge in [-0.05, 0) is 59.5 Å². The zero-order valence-corrected chi connectivity index (χ0v) is 20.1. The largest absolute Gasteiger partial charge is 0.497 e. The SMILES string of the molecule is COc1ccc(NC(=O)COc2ccc3c(=O)c(Oc4ccc(C(C)(C)C)cc4)coc3c2)cc1. The predicted molar refractivity (Wildman–Crippen MR) is 135 cm³/mol. The van der Waals surface area contributed by atoms with Gasteiger partial charge < -0.3 is 23.9 Å². The number of rotatable bonds is 7. The lowest BCUT2D eigenvalue weighted by atomic mass is 9.87. The van der Waals surface area contributed by atoms with Crippen molar-refractivity contribution < 1.29 is 23.4 Å². The number of carbonyl (C=O) groups is 1. The monoisotopic (exact) mass is 473 g/mol. The van der Waals surface area contributed by atoms with Crippen LogP contribution in [0.15, 0.2) is 82.2 Å². The van der Waals surface area contributed by atoms with Crippen molar-refractivity contribution in [1.82, 2.24) is 0 Å². The van der Waals surface area contributed by atoms with Gasteiger partial charge in [-0.1, -0.05) is 32.9 Å². The number of carbonyl (C=O) groups excluding carboxylic acids is 1. The number of anilines is 1. The molecule has 0 aliphatic rings. The summed E-state index contributed by atoms with van der Waals surface area (Å²) in [6, 6.07) is 19.4. The van der Waals surface area contributed by atoms with E-state index in [9.17, 15) is 9.59 Å². The molecule has 0 aliphatic carbocycles. The van der Waals surface area contributed by atoms with Crippen LogP contribution in [0.5, 0.6) is 23.0 Å². The van der Waals surface area contributed by atoms with Crippen molar-refractivity contribution in [2.75, 3.05) is 19.0 Å². The minimum absolute atomic E-state index is 0.0244. The molecule has 0 saturated heterocycles. The number of amides is 1. The number of nitrogens with one attached hydrogen (secondary N) is 1. The number of fused-ring (bicyclic) bond motifs is 1. The van der Waals surface area contributed by atoms with Crippen molar-refractivity contribution in [3.8, 4) is 23.0 Å². The van der Waals surface area contributed by atoms with Crippen LogP contribution in [0, 0.1) is 0 Å². The standard InChI is InChI=1S/C28H27NO6/c1-28(2,3)18-5-9-21(10-6-18)35-25-16-34-24-15-22(13-14-23(24)27(25)31)33-17-26(30)29-19-7-11-20(32-4)12-8-19/h5-16H,17H2,1-4H3,(H,29,30). The predicted octanol–water partition coefficient (Wildman–Crippen LogP) is 5.91. The maximum absolute atomic E-state index is 12.9. The Morgan fingerprint density at radius 2 is 1.57 bits per heavy atom. The second-order valence-corrected chi connectivity index (χ2v) is 9.03. The average Bonchev–Trinajstić information content (AvgIpc) is 2.85. The first-order chi connectivity index (χ1) is 16.7. The Bertz CT molecular complexity index is 1380. The summed E-state index contributed by atoms with van der Waals surface area (Å²) in [6.07, 6.45) is 1.28. The van der Waals surface area contributed by atoms with Crippen molar-refractivity contribution in [2.24, 2.45) is 0 Å². The van der Waals surface area contributed by atoms with Gasteiger partial charge in [-0.3, -0.25) is 9.59 Å². The second-order valence-electron chi connectivity index (χ2n) is 9.03. The van der Waals surface area contributed by atoms with Crippen LogP contribution in [0.4, 0.5) is 5.69 Å². The van der Waals surface area contributed by atoms with Crippen LogP contribution >= 0.6 is 0 Å². The van der Waals surface area contributed by atoms with Gasteiger partial charge in [0.2, 0.25) is 11.2 Å². The van der Waals surface area contributed by atoms with Gasteiger partial charge in [0.05, 0.1) is 12.5 Å². The highest BCUT2D eigenvalue weighted by Crippen LogP contribution is 2.27. The topological polar surface area (TPSA) is 87.0 Å². The van der Waals surface area contributed by atoms with Crippen LogP contribution in [0.1, 0.15) is 26.3 Å². The summed E-state index contributed by atoms with van der Waals surface area (Å²) >= 11 is 0. The second kappa shape index (κ2) is 9.93. The van der Waals surface area contributed by atoms with Gasteiger partial charge >= 0.3 is 0 Å². The smallest absolute Gasteiger partial charge is 0.262 e. The van der Waals surface area contributed by atoms with E-state index in [1.807, 2.05) is 24.3 Å². The molecule has 1 amide bonds. The fourth-order valence-electron chi connectivity index (χ4n) is 3.42. The number of ether oxygens (including phenoxy) is 3. The van der Waals surface area contributed by atoms with Crippen molar-refractivity contribution in [2.45, 2.75) is 26.2 Å². The Morgan fingerprint density at radius 3 is 2.23 bits per heavy atom. The van der Waals surface area contributed by atoms with E-state index in [1.165, 1.54) is 11.8 Å². The molecule has 1 heterocycles. The normalized spacial score (nSPS) is 11.2. The highest BCUT2D eigenvalue weighted by Gasteiger charge is 2.15. The van der Waals surface area contributed by atoms with E-state index in [1.54, 1.807) is 49.6 Å². The van der Waals surface area contributed by atoms with Crippen molar-refractivity contribution >= 4 is 22.6 Å². The number of hydrogen-bond donors (Lipinski definition) is 1. The fourth-order valence-corrected chi connectivity index (χ4v) is 3.42. The molecule has 7 heteroatoms. The van der Waals surface area contributed by atoms with Crippen molar-refractivity contribution in [3.05, 3.63) is 88.8 Å². The fraction of sp³-hybridized carbons (Fsp3) is 0.214. The molecule has 0 fully saturated rings. The number of hydrogen-bond acceptors (Lipinski definition) is 6. The highest BCUT2D eigenvalue weighted by molar-refractivity contribution is 5.92. The quantitative estimate of drug-likeness (QED) is 0.359. The van der Waals surface area contributed by atoms with Gasteiger partial charge in [-0.15, -0.1) is 0 Å². The lowest BCUT2D eigenvalue weighted by Gasteiger charge is -2.19. The average molecular weight is 474 g/mol. The maximum Gasteiger partial charge on any atom is 0.262 e. The van der Waals surface area contributed by atoms with Gasteiger partial charge in [-0.25, -0.2) is 0 Å². The summed E-state index contributed by atoms with van der Waals surface area (Å²) in [5.74, 6) is 1.42. The molecule has 35 heavy (non-hydrogen) atoms. The highest BCUT2D eigenvalue weighted by atomic mass is 16.5. The van der Waals surface area contributed by atoms with E-state index in [0.29, 0.717) is 33.9 Å². The molecule has 0 saturated carbocycles. The number of methoxy groups -OCH3 is 1. The van der Waals surface area contributed by atoms with Gasteiger partial charge in [-0.2, -0.15) is 0 Å². The summed E-state index contributed by atoms with van der Waals surface area (Å²) in [5.41, 5.74) is 1.86. The Balaban J connectivity index is 1.41. The molecule has 0 aliphatic heterocycles. The summed E-state index contributed by atoms with van der Waals surface area (Å²) in [4.78, 5) is 25.1. The minimum Gasteiger partial charge on any atom is -0.497 e. The zero-order chi connectivity index (χ0) is 25.0. The van der Waals surface area contributed by atoms with E-state index < -0.39 is 0 Å². The van der Waals surface area contributed by atoms with Crippen LogP contribution in [0.2, 0.25) is 0 Å². The number of benzene rings is 3. The van der Waals surface area contributed by atoms with E-state index in [-0.39, 0.29) is 29.1 Å². The first kappa shape index (κ1) is 23.9. The zero-order valence-electron chi connectivity index (χ0n) is 20.1. The van der Waals surface area contributed by atoms with Crippen LogP contribution in [0.3, 0.4) is 0 Å². The third kappa shape index (κ3) is 5.81. The first-order valence-electron chi connectivity index (χ1n) is 11.1. The molecular weight excluding hydrogens is 446 g/mol. The molecule has 7 nitrogen and oxygen atoms in total. The molecule has 4 rings (SSSR count). The van der Waals surface area contributed by atoms with Crippen LogP contribution in [-0.4, -0.2) is 19.6 Å². The van der Waals surface area contributed by atoms with Crippen molar-refractivity contribution in [1.29, 1.82) is 0 Å². The van der Waals surface area contributed by atoms with Gasteiger partial charge in [0.15, 0.2) is 6.61 Å². The Kier molecular flexibility index (Phi) is 6.78. The minimum atomic E-state index is -0.321. The molecule has 3 aromatic carbocycles. The van der Waals surface area contributed by atoms with Crippen LogP contribution in [-0.2, 0) is 10.2 Å². The molecular formula is C28H27NO6. The molecule has 1 N–H and O–H groups in total. The summed E-state index contributed by atoms with van der Waals surface area (Å²) in [6.45, 7) is 6.19. The van der Waals surface area contributed by atoms with Gasteiger partial charge in [0, 0.05) is 11.8 Å². The maximum atomic E-state index is 12.9. The van der Waals surface area contributed by atoms with E-state index in [0.717, 1.165) is 0 Å². The van der Waals surface area contributed by atoms with E-state index in [4.69, 9.17) is 18.6 Å². The summed E-state index contributed by atoms with van der Waals surface area (Å²) < 4.78 is 22.1. The van der Waals surface area contributed by atoms with Crippen LogP contribution in [0.25, 0.3) is 11.0 Å². The summed E-state index contributed by atoms with van der Waals surface area (Å²) in [5, 5.41) is 3.09. The van der Waals surface area contributed by atoms with E-state index in [2.05, 4.69) is 26.1 Å². The molecule has 4 aromatic rings. The molecule has 0 radical (unpaired) electrons. The van der Waals surface area contributed by atoms with Gasteiger partial charge in [0.1, 0.15) is 29.1 Å². The Morgan fingerprint density at radius 1 is 0.914 bits per heavy atom. The van der Waals surface area contributed by atoms with Crippen LogP contribution < -0.4 is 25.0 Å². The summed E-state index contributed by atoms with van der Waals surface area (Å²) in [7, 11) is 1.58. The molecule has 0 bridgehead atoms. The molecule has 0 spiro atoms. The molecule has 0 unspecified atom stereocenters. The third-order valence-corrected chi connectivity index (χ3v) is 5.41. The van der Waals surface area contributed by atoms with Gasteiger partial charge in [0.25, 0.3) is 5.91 Å². The molecule has 180 valence electrons. The Labute approximate surface area is 203 Å². The third-order valence-electron chi connectivity index (χ3n) is 5.41. The van der Waals surface area contributed by atoms with E-state index >= 15 is 0 Å². The van der Waals surface area contributed by atoms with Crippen molar-refractivity contribution in [3.63, 3.8) is 0 Å². The molecule has 0 atom stereocenters.